The number of para-hydroxylation sites is 1. The fourth-order valence-electron chi connectivity index (χ4n) is 3.46. The predicted molar refractivity (Wildman–Crippen MR) is 80.6 cm³/mol. The van der Waals surface area contributed by atoms with Gasteiger partial charge in [0.25, 0.3) is 0 Å². The number of nitrogens with two attached hydrogens (primary N) is 1. The third-order valence-electron chi connectivity index (χ3n) is 4.71. The van der Waals surface area contributed by atoms with Gasteiger partial charge in [0.1, 0.15) is 0 Å². The summed E-state index contributed by atoms with van der Waals surface area (Å²) < 4.78 is 5.76. The van der Waals surface area contributed by atoms with Crippen LogP contribution in [0.4, 0.5) is 5.69 Å². The lowest BCUT2D eigenvalue weighted by molar-refractivity contribution is 0.00766. The second-order valence-electron chi connectivity index (χ2n) is 5.62. The van der Waals surface area contributed by atoms with E-state index >= 15 is 0 Å². The van der Waals surface area contributed by atoms with Crippen LogP contribution in [0.5, 0.6) is 0 Å². The summed E-state index contributed by atoms with van der Waals surface area (Å²) in [5, 5.41) is 0. The Hall–Kier alpha value is -1.06. The highest BCUT2D eigenvalue weighted by molar-refractivity contribution is 5.55. The van der Waals surface area contributed by atoms with Crippen molar-refractivity contribution >= 4 is 5.69 Å². The molecule has 1 aromatic carbocycles. The summed E-state index contributed by atoms with van der Waals surface area (Å²) in [6.07, 6.45) is 4.89. The largest absolute Gasteiger partial charge is 0.379 e. The lowest BCUT2D eigenvalue weighted by Gasteiger charge is -2.50. The average Bonchev–Trinajstić information content (AvgIpc) is 2.46. The van der Waals surface area contributed by atoms with Gasteiger partial charge >= 0.3 is 0 Å². The summed E-state index contributed by atoms with van der Waals surface area (Å²) in [5.41, 5.74) is 8.65. The summed E-state index contributed by atoms with van der Waals surface area (Å²) in [6, 6.07) is 8.50. The monoisotopic (exact) mass is 262 g/mol. The number of aryl methyl sites for hydroxylation is 1. The van der Waals surface area contributed by atoms with Crippen LogP contribution in [0.15, 0.2) is 24.3 Å². The first-order valence-electron chi connectivity index (χ1n) is 7.18. The summed E-state index contributed by atoms with van der Waals surface area (Å²) in [6.45, 7) is 2.79. The van der Waals surface area contributed by atoms with Gasteiger partial charge in [-0.2, -0.15) is 0 Å². The zero-order valence-corrected chi connectivity index (χ0v) is 12.4. The molecule has 2 rings (SSSR count). The average molecular weight is 262 g/mol. The Bertz CT molecular complexity index is 421. The summed E-state index contributed by atoms with van der Waals surface area (Å²) >= 11 is 0. The van der Waals surface area contributed by atoms with Crippen molar-refractivity contribution in [3.63, 3.8) is 0 Å². The van der Waals surface area contributed by atoms with E-state index in [1.807, 2.05) is 7.11 Å². The second-order valence-corrected chi connectivity index (χ2v) is 5.62. The van der Waals surface area contributed by atoms with E-state index in [0.29, 0.717) is 6.54 Å². The molecule has 0 saturated heterocycles. The quantitative estimate of drug-likeness (QED) is 0.906. The van der Waals surface area contributed by atoms with Crippen LogP contribution in [-0.2, 0) is 4.74 Å². The first kappa shape index (κ1) is 14.4. The van der Waals surface area contributed by atoms with Gasteiger partial charge < -0.3 is 15.4 Å². The van der Waals surface area contributed by atoms with E-state index in [1.165, 1.54) is 24.1 Å². The van der Waals surface area contributed by atoms with Gasteiger partial charge in [-0.1, -0.05) is 31.0 Å². The van der Waals surface area contributed by atoms with Crippen LogP contribution in [0.3, 0.4) is 0 Å². The van der Waals surface area contributed by atoms with Crippen LogP contribution in [-0.4, -0.2) is 32.3 Å². The highest BCUT2D eigenvalue weighted by Gasteiger charge is 2.43. The van der Waals surface area contributed by atoms with Crippen molar-refractivity contribution in [1.82, 2.24) is 0 Å². The van der Waals surface area contributed by atoms with Crippen LogP contribution in [0.2, 0.25) is 0 Å². The third kappa shape index (κ3) is 2.49. The number of benzene rings is 1. The van der Waals surface area contributed by atoms with Crippen LogP contribution in [0, 0.1) is 6.92 Å². The zero-order valence-electron chi connectivity index (χ0n) is 12.4. The van der Waals surface area contributed by atoms with Crippen molar-refractivity contribution in [3.05, 3.63) is 29.8 Å². The highest BCUT2D eigenvalue weighted by atomic mass is 16.5. The van der Waals surface area contributed by atoms with E-state index < -0.39 is 0 Å². The van der Waals surface area contributed by atoms with E-state index in [0.717, 1.165) is 12.8 Å². The van der Waals surface area contributed by atoms with E-state index in [1.54, 1.807) is 0 Å². The predicted octanol–water partition coefficient (Wildman–Crippen LogP) is 2.72. The van der Waals surface area contributed by atoms with Crippen LogP contribution in [0.25, 0.3) is 0 Å². The Morgan fingerprint density at radius 2 is 2.11 bits per heavy atom. The third-order valence-corrected chi connectivity index (χ3v) is 4.71. The maximum atomic E-state index is 6.17. The second kappa shape index (κ2) is 5.93. The number of hydrogen-bond donors (Lipinski definition) is 1. The molecule has 0 bridgehead atoms. The fraction of sp³-hybridized carbons (Fsp3) is 0.625. The smallest absolute Gasteiger partial charge is 0.0815 e. The van der Waals surface area contributed by atoms with Gasteiger partial charge in [-0.3, -0.25) is 0 Å². The molecule has 3 heteroatoms. The molecule has 0 spiro atoms. The van der Waals surface area contributed by atoms with Gasteiger partial charge in [-0.15, -0.1) is 0 Å². The normalized spacial score (nSPS) is 27.3. The maximum Gasteiger partial charge on any atom is 0.0815 e. The molecule has 0 heterocycles. The SMILES string of the molecule is COC1CCCCC1(CN)N(C)c1ccccc1C. The van der Waals surface area contributed by atoms with Crippen molar-refractivity contribution in [2.75, 3.05) is 25.6 Å². The molecule has 1 aliphatic carbocycles. The number of nitrogens with zero attached hydrogens (tertiary/aromatic N) is 1. The number of ether oxygens (including phenoxy) is 1. The molecule has 19 heavy (non-hydrogen) atoms. The Balaban J connectivity index is 2.37. The minimum atomic E-state index is -0.0703. The van der Waals surface area contributed by atoms with Gasteiger partial charge in [0.2, 0.25) is 0 Å². The lowest BCUT2D eigenvalue weighted by Crippen LogP contribution is -2.62. The minimum absolute atomic E-state index is 0.0703. The number of rotatable bonds is 4. The zero-order chi connectivity index (χ0) is 13.9. The Morgan fingerprint density at radius 3 is 2.74 bits per heavy atom. The highest BCUT2D eigenvalue weighted by Crippen LogP contribution is 2.37. The van der Waals surface area contributed by atoms with Crippen molar-refractivity contribution < 1.29 is 4.74 Å². The fourth-order valence-corrected chi connectivity index (χ4v) is 3.46. The molecular formula is C16H26N2O. The Labute approximate surface area is 116 Å². The van der Waals surface area contributed by atoms with Gasteiger partial charge in [0.05, 0.1) is 11.6 Å². The van der Waals surface area contributed by atoms with E-state index in [4.69, 9.17) is 10.5 Å². The number of methoxy groups -OCH3 is 1. The standard InChI is InChI=1S/C16H26N2O/c1-13-8-4-5-9-14(13)18(2)16(12-17)11-7-6-10-15(16)19-3/h4-5,8-9,15H,6-7,10-12,17H2,1-3H3. The van der Waals surface area contributed by atoms with Crippen molar-refractivity contribution in [3.8, 4) is 0 Å². The molecule has 1 aliphatic rings. The topological polar surface area (TPSA) is 38.5 Å². The molecule has 1 saturated carbocycles. The Kier molecular flexibility index (Phi) is 4.48. The molecule has 2 unspecified atom stereocenters. The summed E-state index contributed by atoms with van der Waals surface area (Å²) in [7, 11) is 3.97. The molecular weight excluding hydrogens is 236 g/mol. The number of likely N-dealkylation sites (N-methyl/N-ethyl adjacent to an activating group) is 1. The molecule has 106 valence electrons. The first-order chi connectivity index (χ1) is 9.15. The molecule has 0 aliphatic heterocycles. The lowest BCUT2D eigenvalue weighted by atomic mass is 9.77. The van der Waals surface area contributed by atoms with Crippen LogP contribution >= 0.6 is 0 Å². The summed E-state index contributed by atoms with van der Waals surface area (Å²) in [4.78, 5) is 2.36. The van der Waals surface area contributed by atoms with Gasteiger partial charge in [-0.05, 0) is 31.4 Å². The van der Waals surface area contributed by atoms with Crippen molar-refractivity contribution in [2.24, 2.45) is 5.73 Å². The maximum absolute atomic E-state index is 6.17. The number of anilines is 1. The molecule has 0 radical (unpaired) electrons. The van der Waals surface area contributed by atoms with Gasteiger partial charge in [0.15, 0.2) is 0 Å². The summed E-state index contributed by atoms with van der Waals surface area (Å²) in [5.74, 6) is 0. The van der Waals surface area contributed by atoms with Crippen molar-refractivity contribution in [2.45, 2.75) is 44.2 Å². The Morgan fingerprint density at radius 1 is 1.37 bits per heavy atom. The van der Waals surface area contributed by atoms with E-state index in [9.17, 15) is 0 Å². The number of hydrogen-bond acceptors (Lipinski definition) is 3. The van der Waals surface area contributed by atoms with Gasteiger partial charge in [-0.25, -0.2) is 0 Å². The van der Waals surface area contributed by atoms with Crippen molar-refractivity contribution in [1.29, 1.82) is 0 Å². The van der Waals surface area contributed by atoms with E-state index in [2.05, 4.69) is 43.1 Å². The molecule has 1 aromatic rings. The van der Waals surface area contributed by atoms with Crippen LogP contribution in [0.1, 0.15) is 31.2 Å². The molecule has 2 atom stereocenters. The van der Waals surface area contributed by atoms with E-state index in [-0.39, 0.29) is 11.6 Å². The molecule has 0 aromatic heterocycles. The molecule has 2 N–H and O–H groups in total. The van der Waals surface area contributed by atoms with Gasteiger partial charge in [0, 0.05) is 26.4 Å². The first-order valence-corrected chi connectivity index (χ1v) is 7.18. The molecule has 0 amide bonds. The molecule has 3 nitrogen and oxygen atoms in total. The molecule has 1 fully saturated rings. The van der Waals surface area contributed by atoms with Crippen LogP contribution < -0.4 is 10.6 Å². The minimum Gasteiger partial charge on any atom is -0.379 e.